The van der Waals surface area contributed by atoms with Gasteiger partial charge in [0.1, 0.15) is 12.3 Å². The molecule has 0 spiro atoms. The van der Waals surface area contributed by atoms with Gasteiger partial charge in [-0.05, 0) is 18.1 Å². The lowest BCUT2D eigenvalue weighted by atomic mass is 10.1. The van der Waals surface area contributed by atoms with Crippen molar-refractivity contribution in [3.8, 4) is 0 Å². The summed E-state index contributed by atoms with van der Waals surface area (Å²) in [4.78, 5) is 9.19. The molecule has 92 valence electrons. The SMILES string of the molecule is CC(C)[C@H]1COC(c2ccc3ccccc3n2)=N1. The summed E-state index contributed by atoms with van der Waals surface area (Å²) < 4.78 is 5.65. The van der Waals surface area contributed by atoms with E-state index < -0.39 is 0 Å². The first kappa shape index (κ1) is 11.2. The number of aromatic nitrogens is 1. The second kappa shape index (κ2) is 4.41. The summed E-state index contributed by atoms with van der Waals surface area (Å²) in [5, 5.41) is 1.14. The highest BCUT2D eigenvalue weighted by atomic mass is 16.5. The lowest BCUT2D eigenvalue weighted by molar-refractivity contribution is 0.291. The molecule has 0 aliphatic carbocycles. The number of para-hydroxylation sites is 1. The number of nitrogens with zero attached hydrogens (tertiary/aromatic N) is 2. The number of hydrogen-bond acceptors (Lipinski definition) is 3. The molecule has 0 bridgehead atoms. The fraction of sp³-hybridized carbons (Fsp3) is 0.333. The van der Waals surface area contributed by atoms with Gasteiger partial charge >= 0.3 is 0 Å². The second-order valence-corrected chi connectivity index (χ2v) is 4.95. The molecule has 0 amide bonds. The predicted molar refractivity (Wildman–Crippen MR) is 72.9 cm³/mol. The van der Waals surface area contributed by atoms with Gasteiger partial charge in [0.15, 0.2) is 0 Å². The van der Waals surface area contributed by atoms with E-state index in [0.717, 1.165) is 16.6 Å². The Bertz CT molecular complexity index is 604. The van der Waals surface area contributed by atoms with Crippen LogP contribution in [0.3, 0.4) is 0 Å². The van der Waals surface area contributed by atoms with Crippen molar-refractivity contribution in [1.29, 1.82) is 0 Å². The number of benzene rings is 1. The molecule has 0 N–H and O–H groups in total. The normalized spacial score (nSPS) is 19.1. The van der Waals surface area contributed by atoms with E-state index in [1.807, 2.05) is 24.3 Å². The monoisotopic (exact) mass is 240 g/mol. The van der Waals surface area contributed by atoms with E-state index in [1.54, 1.807) is 0 Å². The van der Waals surface area contributed by atoms with Gasteiger partial charge in [0, 0.05) is 5.39 Å². The largest absolute Gasteiger partial charge is 0.474 e. The van der Waals surface area contributed by atoms with Crippen molar-refractivity contribution < 1.29 is 4.74 Å². The Balaban J connectivity index is 1.98. The van der Waals surface area contributed by atoms with Crippen LogP contribution in [0.2, 0.25) is 0 Å². The van der Waals surface area contributed by atoms with Crippen LogP contribution in [0, 0.1) is 5.92 Å². The number of pyridine rings is 1. The number of hydrogen-bond donors (Lipinski definition) is 0. The van der Waals surface area contributed by atoms with Crippen LogP contribution < -0.4 is 0 Å². The summed E-state index contributed by atoms with van der Waals surface area (Å²) >= 11 is 0. The van der Waals surface area contributed by atoms with E-state index in [1.165, 1.54) is 0 Å². The minimum absolute atomic E-state index is 0.258. The average molecular weight is 240 g/mol. The number of rotatable bonds is 2. The Morgan fingerprint density at radius 1 is 1.17 bits per heavy atom. The van der Waals surface area contributed by atoms with E-state index in [9.17, 15) is 0 Å². The first-order valence-electron chi connectivity index (χ1n) is 6.31. The number of fused-ring (bicyclic) bond motifs is 1. The van der Waals surface area contributed by atoms with Crippen LogP contribution >= 0.6 is 0 Å². The molecule has 0 saturated heterocycles. The molecule has 2 heterocycles. The van der Waals surface area contributed by atoms with Gasteiger partial charge in [0.2, 0.25) is 5.90 Å². The van der Waals surface area contributed by atoms with Crippen LogP contribution in [-0.4, -0.2) is 23.5 Å². The van der Waals surface area contributed by atoms with Crippen molar-refractivity contribution in [3.05, 3.63) is 42.1 Å². The second-order valence-electron chi connectivity index (χ2n) is 4.95. The summed E-state index contributed by atoms with van der Waals surface area (Å²) in [6.07, 6.45) is 0. The van der Waals surface area contributed by atoms with Crippen LogP contribution in [0.15, 0.2) is 41.4 Å². The molecule has 0 fully saturated rings. The molecule has 0 radical (unpaired) electrons. The zero-order chi connectivity index (χ0) is 12.5. The van der Waals surface area contributed by atoms with E-state index in [4.69, 9.17) is 4.74 Å². The smallest absolute Gasteiger partial charge is 0.235 e. The lowest BCUT2D eigenvalue weighted by Gasteiger charge is -2.06. The van der Waals surface area contributed by atoms with Crippen molar-refractivity contribution in [2.75, 3.05) is 6.61 Å². The van der Waals surface area contributed by atoms with Gasteiger partial charge in [-0.1, -0.05) is 38.1 Å². The average Bonchev–Trinajstić information content (AvgIpc) is 2.88. The van der Waals surface area contributed by atoms with Crippen LogP contribution in [-0.2, 0) is 4.74 Å². The topological polar surface area (TPSA) is 34.5 Å². The van der Waals surface area contributed by atoms with E-state index in [2.05, 4.69) is 36.0 Å². The van der Waals surface area contributed by atoms with Crippen LogP contribution in [0.4, 0.5) is 0 Å². The maximum absolute atomic E-state index is 5.65. The predicted octanol–water partition coefficient (Wildman–Crippen LogP) is 3.04. The highest BCUT2D eigenvalue weighted by molar-refractivity contribution is 5.95. The van der Waals surface area contributed by atoms with Gasteiger partial charge in [-0.2, -0.15) is 0 Å². The van der Waals surface area contributed by atoms with Crippen LogP contribution in [0.5, 0.6) is 0 Å². The summed E-state index contributed by atoms with van der Waals surface area (Å²) in [6, 6.07) is 12.4. The van der Waals surface area contributed by atoms with Gasteiger partial charge in [-0.25, -0.2) is 9.98 Å². The third kappa shape index (κ3) is 1.96. The van der Waals surface area contributed by atoms with Gasteiger partial charge < -0.3 is 4.74 Å². The lowest BCUT2D eigenvalue weighted by Crippen LogP contribution is -2.13. The first-order chi connectivity index (χ1) is 8.74. The minimum Gasteiger partial charge on any atom is -0.474 e. The Morgan fingerprint density at radius 2 is 2.00 bits per heavy atom. The minimum atomic E-state index is 0.258. The molecule has 0 unspecified atom stereocenters. The van der Waals surface area contributed by atoms with Crippen molar-refractivity contribution in [2.45, 2.75) is 19.9 Å². The van der Waals surface area contributed by atoms with Gasteiger partial charge in [-0.3, -0.25) is 0 Å². The quantitative estimate of drug-likeness (QED) is 0.808. The highest BCUT2D eigenvalue weighted by Gasteiger charge is 2.23. The fourth-order valence-electron chi connectivity index (χ4n) is 2.06. The molecule has 1 aromatic carbocycles. The molecule has 2 aromatic rings. The maximum Gasteiger partial charge on any atom is 0.235 e. The summed E-state index contributed by atoms with van der Waals surface area (Å²) in [7, 11) is 0. The van der Waals surface area contributed by atoms with Gasteiger partial charge in [0.05, 0.1) is 11.6 Å². The van der Waals surface area contributed by atoms with Crippen LogP contribution in [0.25, 0.3) is 10.9 Å². The number of aliphatic imine (C=N–C) groups is 1. The van der Waals surface area contributed by atoms with Gasteiger partial charge in [0.25, 0.3) is 0 Å². The highest BCUT2D eigenvalue weighted by Crippen LogP contribution is 2.18. The molecular formula is C15H16N2O. The molecule has 3 nitrogen and oxygen atoms in total. The molecule has 3 heteroatoms. The summed E-state index contributed by atoms with van der Waals surface area (Å²) in [6.45, 7) is 4.99. The fourth-order valence-corrected chi connectivity index (χ4v) is 2.06. The van der Waals surface area contributed by atoms with Crippen molar-refractivity contribution in [3.63, 3.8) is 0 Å². The number of ether oxygens (including phenoxy) is 1. The Kier molecular flexibility index (Phi) is 2.74. The molecule has 1 aliphatic rings. The van der Waals surface area contributed by atoms with Crippen molar-refractivity contribution >= 4 is 16.8 Å². The van der Waals surface area contributed by atoms with E-state index in [0.29, 0.717) is 18.4 Å². The molecule has 1 aromatic heterocycles. The molecule has 1 aliphatic heterocycles. The zero-order valence-corrected chi connectivity index (χ0v) is 10.6. The molecular weight excluding hydrogens is 224 g/mol. The standard InChI is InChI=1S/C15H16N2O/c1-10(2)14-9-18-15(17-14)13-8-7-11-5-3-4-6-12(11)16-13/h3-8,10,14H,9H2,1-2H3/t14-/m1/s1. The molecule has 3 rings (SSSR count). The molecule has 1 atom stereocenters. The summed E-state index contributed by atoms with van der Waals surface area (Å²) in [5.74, 6) is 1.18. The Labute approximate surface area is 107 Å². The zero-order valence-electron chi connectivity index (χ0n) is 10.6. The van der Waals surface area contributed by atoms with Crippen LogP contribution in [0.1, 0.15) is 19.5 Å². The van der Waals surface area contributed by atoms with Gasteiger partial charge in [-0.15, -0.1) is 0 Å². The molecule has 0 saturated carbocycles. The van der Waals surface area contributed by atoms with Crippen molar-refractivity contribution in [2.24, 2.45) is 10.9 Å². The van der Waals surface area contributed by atoms with Crippen molar-refractivity contribution in [1.82, 2.24) is 4.98 Å². The maximum atomic E-state index is 5.65. The molecule has 18 heavy (non-hydrogen) atoms. The third-order valence-corrected chi connectivity index (χ3v) is 3.26. The first-order valence-corrected chi connectivity index (χ1v) is 6.31. The third-order valence-electron chi connectivity index (χ3n) is 3.26. The Morgan fingerprint density at radius 3 is 2.78 bits per heavy atom. The summed E-state index contributed by atoms with van der Waals surface area (Å²) in [5.41, 5.74) is 1.81. The Hall–Kier alpha value is -1.90. The van der Waals surface area contributed by atoms with E-state index >= 15 is 0 Å². The van der Waals surface area contributed by atoms with E-state index in [-0.39, 0.29) is 6.04 Å².